The first-order valence-electron chi connectivity index (χ1n) is 8.69. The van der Waals surface area contributed by atoms with Gasteiger partial charge in [0.25, 0.3) is 5.91 Å². The standard InChI is InChI=1S/C20H22N4O4/c1-24(2)15-6-4-5-14(11-15)20(25)21-12-19-22-18(23-28-19)13-27-17-9-7-16(26-3)8-10-17/h4-11H,12-13H2,1-3H3,(H,21,25). The van der Waals surface area contributed by atoms with Crippen LogP contribution in [0.2, 0.25) is 0 Å². The van der Waals surface area contributed by atoms with Crippen LogP contribution in [0.4, 0.5) is 5.69 Å². The molecule has 8 nitrogen and oxygen atoms in total. The van der Waals surface area contributed by atoms with Crippen molar-refractivity contribution in [2.75, 3.05) is 26.1 Å². The Balaban J connectivity index is 1.51. The molecule has 3 aromatic rings. The summed E-state index contributed by atoms with van der Waals surface area (Å²) in [4.78, 5) is 18.5. The lowest BCUT2D eigenvalue weighted by molar-refractivity contribution is 0.0946. The maximum atomic E-state index is 12.3. The van der Waals surface area contributed by atoms with Crippen LogP contribution < -0.4 is 19.7 Å². The fourth-order valence-electron chi connectivity index (χ4n) is 2.42. The zero-order valence-corrected chi connectivity index (χ0v) is 16.0. The number of amides is 1. The SMILES string of the molecule is COc1ccc(OCc2noc(CNC(=O)c3cccc(N(C)C)c3)n2)cc1. The van der Waals surface area contributed by atoms with Gasteiger partial charge in [-0.1, -0.05) is 11.2 Å². The van der Waals surface area contributed by atoms with Gasteiger partial charge in [0.2, 0.25) is 11.7 Å². The van der Waals surface area contributed by atoms with E-state index in [1.807, 2.05) is 37.2 Å². The zero-order chi connectivity index (χ0) is 19.9. The fraction of sp³-hybridized carbons (Fsp3) is 0.250. The first kappa shape index (κ1) is 19.2. The Hall–Kier alpha value is -3.55. The van der Waals surface area contributed by atoms with Gasteiger partial charge >= 0.3 is 0 Å². The second-order valence-electron chi connectivity index (χ2n) is 6.20. The highest BCUT2D eigenvalue weighted by Crippen LogP contribution is 2.18. The number of hydrogen-bond acceptors (Lipinski definition) is 7. The zero-order valence-electron chi connectivity index (χ0n) is 16.0. The molecule has 0 spiro atoms. The van der Waals surface area contributed by atoms with Crippen LogP contribution in [0.3, 0.4) is 0 Å². The van der Waals surface area contributed by atoms with E-state index in [2.05, 4.69) is 15.5 Å². The van der Waals surface area contributed by atoms with E-state index in [9.17, 15) is 4.79 Å². The summed E-state index contributed by atoms with van der Waals surface area (Å²) in [5, 5.41) is 6.63. The number of nitrogens with zero attached hydrogens (tertiary/aromatic N) is 3. The summed E-state index contributed by atoms with van der Waals surface area (Å²) in [5.41, 5.74) is 1.51. The van der Waals surface area contributed by atoms with Gasteiger partial charge in [0.05, 0.1) is 13.7 Å². The molecule has 1 aromatic heterocycles. The van der Waals surface area contributed by atoms with Crippen LogP contribution in [0.25, 0.3) is 0 Å². The molecule has 0 saturated heterocycles. The molecule has 1 amide bonds. The lowest BCUT2D eigenvalue weighted by atomic mass is 10.2. The quantitative estimate of drug-likeness (QED) is 0.640. The first-order valence-corrected chi connectivity index (χ1v) is 8.69. The van der Waals surface area contributed by atoms with Crippen molar-refractivity contribution in [1.29, 1.82) is 0 Å². The minimum absolute atomic E-state index is 0.139. The van der Waals surface area contributed by atoms with Crippen molar-refractivity contribution in [3.8, 4) is 11.5 Å². The third-order valence-corrected chi connectivity index (χ3v) is 3.96. The Labute approximate surface area is 163 Å². The van der Waals surface area contributed by atoms with Gasteiger partial charge < -0.3 is 24.2 Å². The van der Waals surface area contributed by atoms with Gasteiger partial charge in [0.1, 0.15) is 11.5 Å². The molecular weight excluding hydrogens is 360 g/mol. The summed E-state index contributed by atoms with van der Waals surface area (Å²) in [7, 11) is 5.45. The number of carbonyl (C=O) groups excluding carboxylic acids is 1. The number of anilines is 1. The minimum atomic E-state index is -0.210. The van der Waals surface area contributed by atoms with Crippen molar-refractivity contribution < 1.29 is 18.8 Å². The molecule has 0 atom stereocenters. The number of ether oxygens (including phenoxy) is 2. The number of rotatable bonds is 8. The largest absolute Gasteiger partial charge is 0.497 e. The van der Waals surface area contributed by atoms with Crippen LogP contribution in [0.1, 0.15) is 22.1 Å². The number of methoxy groups -OCH3 is 1. The van der Waals surface area contributed by atoms with E-state index < -0.39 is 0 Å². The lowest BCUT2D eigenvalue weighted by Crippen LogP contribution is -2.23. The predicted molar refractivity (Wildman–Crippen MR) is 104 cm³/mol. The predicted octanol–water partition coefficient (Wildman–Crippen LogP) is 2.65. The molecule has 0 radical (unpaired) electrons. The van der Waals surface area contributed by atoms with Gasteiger partial charge in [-0.3, -0.25) is 4.79 Å². The summed E-state index contributed by atoms with van der Waals surface area (Å²) >= 11 is 0. The number of nitrogens with one attached hydrogen (secondary N) is 1. The Morgan fingerprint density at radius 2 is 1.89 bits per heavy atom. The second kappa shape index (κ2) is 8.90. The smallest absolute Gasteiger partial charge is 0.251 e. The summed E-state index contributed by atoms with van der Waals surface area (Å²) in [6.07, 6.45) is 0. The molecule has 28 heavy (non-hydrogen) atoms. The highest BCUT2D eigenvalue weighted by molar-refractivity contribution is 5.95. The summed E-state index contributed by atoms with van der Waals surface area (Å²) in [5.74, 6) is 1.92. The van der Waals surface area contributed by atoms with E-state index in [0.717, 1.165) is 11.4 Å². The van der Waals surface area contributed by atoms with Crippen LogP contribution in [-0.2, 0) is 13.2 Å². The van der Waals surface area contributed by atoms with Gasteiger partial charge in [0.15, 0.2) is 6.61 Å². The first-order chi connectivity index (χ1) is 13.5. The molecular formula is C20H22N4O4. The maximum absolute atomic E-state index is 12.3. The Morgan fingerprint density at radius 3 is 2.61 bits per heavy atom. The van der Waals surface area contributed by atoms with E-state index in [-0.39, 0.29) is 19.1 Å². The third-order valence-electron chi connectivity index (χ3n) is 3.96. The van der Waals surface area contributed by atoms with Crippen LogP contribution in [0.5, 0.6) is 11.5 Å². The molecule has 0 aliphatic heterocycles. The molecule has 146 valence electrons. The van der Waals surface area contributed by atoms with Crippen LogP contribution in [0.15, 0.2) is 53.1 Å². The monoisotopic (exact) mass is 382 g/mol. The van der Waals surface area contributed by atoms with Crippen molar-refractivity contribution in [2.24, 2.45) is 0 Å². The third kappa shape index (κ3) is 5.00. The highest BCUT2D eigenvalue weighted by atomic mass is 16.5. The van der Waals surface area contributed by atoms with Crippen LogP contribution in [0, 0.1) is 0 Å². The van der Waals surface area contributed by atoms with Crippen molar-refractivity contribution >= 4 is 11.6 Å². The lowest BCUT2D eigenvalue weighted by Gasteiger charge is -2.13. The number of benzene rings is 2. The number of hydrogen-bond donors (Lipinski definition) is 1. The Kier molecular flexibility index (Phi) is 6.11. The van der Waals surface area contributed by atoms with Crippen molar-refractivity contribution in [3.63, 3.8) is 0 Å². The average Bonchev–Trinajstić information content (AvgIpc) is 3.19. The second-order valence-corrected chi connectivity index (χ2v) is 6.20. The van der Waals surface area contributed by atoms with Crippen molar-refractivity contribution in [3.05, 3.63) is 65.8 Å². The Morgan fingerprint density at radius 1 is 1.14 bits per heavy atom. The molecule has 0 bridgehead atoms. The van der Waals surface area contributed by atoms with Gasteiger partial charge in [-0.2, -0.15) is 4.98 Å². The molecule has 0 saturated carbocycles. The molecule has 0 fully saturated rings. The van der Waals surface area contributed by atoms with Crippen molar-refractivity contribution in [1.82, 2.24) is 15.5 Å². The summed E-state index contributed by atoms with van der Waals surface area (Å²) in [6.45, 7) is 0.301. The van der Waals surface area contributed by atoms with E-state index in [4.69, 9.17) is 14.0 Å². The van der Waals surface area contributed by atoms with E-state index >= 15 is 0 Å². The number of carbonyl (C=O) groups is 1. The van der Waals surface area contributed by atoms with Gasteiger partial charge in [0, 0.05) is 25.3 Å². The molecule has 3 rings (SSSR count). The molecule has 2 aromatic carbocycles. The van der Waals surface area contributed by atoms with E-state index in [1.54, 1.807) is 37.4 Å². The summed E-state index contributed by atoms with van der Waals surface area (Å²) < 4.78 is 15.9. The molecule has 8 heteroatoms. The topological polar surface area (TPSA) is 89.7 Å². The number of aromatic nitrogens is 2. The van der Waals surface area contributed by atoms with E-state index in [0.29, 0.717) is 23.0 Å². The Bertz CT molecular complexity index is 922. The normalized spacial score (nSPS) is 10.4. The molecule has 1 heterocycles. The van der Waals surface area contributed by atoms with Gasteiger partial charge in [-0.25, -0.2) is 0 Å². The average molecular weight is 382 g/mol. The maximum Gasteiger partial charge on any atom is 0.251 e. The minimum Gasteiger partial charge on any atom is -0.497 e. The van der Waals surface area contributed by atoms with Crippen molar-refractivity contribution in [2.45, 2.75) is 13.2 Å². The van der Waals surface area contributed by atoms with Crippen LogP contribution in [-0.4, -0.2) is 37.3 Å². The fourth-order valence-corrected chi connectivity index (χ4v) is 2.42. The highest BCUT2D eigenvalue weighted by Gasteiger charge is 2.11. The van der Waals surface area contributed by atoms with Crippen LogP contribution >= 0.6 is 0 Å². The molecule has 0 aliphatic rings. The van der Waals surface area contributed by atoms with Gasteiger partial charge in [-0.15, -0.1) is 0 Å². The van der Waals surface area contributed by atoms with E-state index in [1.165, 1.54) is 0 Å². The molecule has 0 unspecified atom stereocenters. The summed E-state index contributed by atoms with van der Waals surface area (Å²) in [6, 6.07) is 14.5. The molecule has 1 N–H and O–H groups in total. The van der Waals surface area contributed by atoms with Gasteiger partial charge in [-0.05, 0) is 42.5 Å². The molecule has 0 aliphatic carbocycles.